The summed E-state index contributed by atoms with van der Waals surface area (Å²) in [6, 6.07) is 4.26. The number of nitrogens with zero attached hydrogens (tertiary/aromatic N) is 1. The first-order valence-corrected chi connectivity index (χ1v) is 6.55. The number of nitro benzene ring substituents is 1. The van der Waals surface area contributed by atoms with Gasteiger partial charge in [0.2, 0.25) is 5.91 Å². The second-order valence-electron chi connectivity index (χ2n) is 4.78. The van der Waals surface area contributed by atoms with Crippen LogP contribution >= 0.6 is 0 Å². The van der Waals surface area contributed by atoms with Gasteiger partial charge in [-0.25, -0.2) is 0 Å². The zero-order valence-electron chi connectivity index (χ0n) is 11.6. The standard InChI is InChI=1S/C13H17N3O5/c1-2-21-9-3-4-10(11(7-9)16(18)19)15-12(17)13(14)5-6-20-8-13/h3-4,7H,2,5-6,8,14H2,1H3,(H,15,17). The Bertz CT molecular complexity index is 555. The first-order valence-electron chi connectivity index (χ1n) is 6.55. The molecule has 0 aliphatic carbocycles. The van der Waals surface area contributed by atoms with Gasteiger partial charge >= 0.3 is 0 Å². The molecule has 1 aliphatic heterocycles. The molecule has 1 aromatic rings. The molecule has 0 spiro atoms. The predicted octanol–water partition coefficient (Wildman–Crippen LogP) is 1.05. The van der Waals surface area contributed by atoms with E-state index in [9.17, 15) is 14.9 Å². The Labute approximate surface area is 121 Å². The molecule has 0 radical (unpaired) electrons. The number of carbonyl (C=O) groups is 1. The molecule has 1 aliphatic rings. The lowest BCUT2D eigenvalue weighted by molar-refractivity contribution is -0.384. The molecule has 0 aromatic heterocycles. The number of ether oxygens (including phenoxy) is 2. The first-order chi connectivity index (χ1) is 9.96. The zero-order chi connectivity index (χ0) is 15.5. The molecule has 1 heterocycles. The van der Waals surface area contributed by atoms with Gasteiger partial charge in [-0.2, -0.15) is 0 Å². The molecular weight excluding hydrogens is 278 g/mol. The minimum atomic E-state index is -1.15. The summed E-state index contributed by atoms with van der Waals surface area (Å²) in [7, 11) is 0. The van der Waals surface area contributed by atoms with E-state index in [4.69, 9.17) is 15.2 Å². The normalized spacial score (nSPS) is 21.0. The fraction of sp³-hybridized carbons (Fsp3) is 0.462. The minimum absolute atomic E-state index is 0.0881. The van der Waals surface area contributed by atoms with Crippen LogP contribution in [0.3, 0.4) is 0 Å². The van der Waals surface area contributed by atoms with Crippen LogP contribution in [0.15, 0.2) is 18.2 Å². The molecule has 114 valence electrons. The maximum Gasteiger partial charge on any atom is 0.296 e. The molecule has 8 nitrogen and oxygen atoms in total. The van der Waals surface area contributed by atoms with Crippen molar-refractivity contribution in [2.75, 3.05) is 25.1 Å². The molecule has 2 rings (SSSR count). The number of anilines is 1. The highest BCUT2D eigenvalue weighted by Crippen LogP contribution is 2.30. The average molecular weight is 295 g/mol. The lowest BCUT2D eigenvalue weighted by atomic mass is 9.99. The number of nitrogens with two attached hydrogens (primary N) is 1. The molecule has 8 heteroatoms. The second-order valence-corrected chi connectivity index (χ2v) is 4.78. The van der Waals surface area contributed by atoms with Crippen molar-refractivity contribution in [3.05, 3.63) is 28.3 Å². The molecule has 0 bridgehead atoms. The van der Waals surface area contributed by atoms with Crippen molar-refractivity contribution in [1.29, 1.82) is 0 Å². The van der Waals surface area contributed by atoms with Crippen LogP contribution in [0.1, 0.15) is 13.3 Å². The van der Waals surface area contributed by atoms with E-state index in [0.717, 1.165) is 0 Å². The van der Waals surface area contributed by atoms with E-state index in [1.807, 2.05) is 0 Å². The Morgan fingerprint density at radius 3 is 2.95 bits per heavy atom. The van der Waals surface area contributed by atoms with Gasteiger partial charge in [0, 0.05) is 6.61 Å². The van der Waals surface area contributed by atoms with E-state index >= 15 is 0 Å². The summed E-state index contributed by atoms with van der Waals surface area (Å²) in [5, 5.41) is 13.6. The van der Waals surface area contributed by atoms with E-state index in [1.54, 1.807) is 13.0 Å². The summed E-state index contributed by atoms with van der Waals surface area (Å²) in [6.07, 6.45) is 0.379. The third kappa shape index (κ3) is 3.29. The number of hydrogen-bond donors (Lipinski definition) is 2. The maximum atomic E-state index is 12.2. The molecule has 0 saturated carbocycles. The predicted molar refractivity (Wildman–Crippen MR) is 75.2 cm³/mol. The van der Waals surface area contributed by atoms with Crippen molar-refractivity contribution in [3.63, 3.8) is 0 Å². The Hall–Kier alpha value is -2.19. The van der Waals surface area contributed by atoms with Crippen LogP contribution in [0.25, 0.3) is 0 Å². The van der Waals surface area contributed by atoms with E-state index in [1.165, 1.54) is 12.1 Å². The summed E-state index contributed by atoms with van der Waals surface area (Å²) in [6.45, 7) is 2.67. The van der Waals surface area contributed by atoms with Crippen molar-refractivity contribution >= 4 is 17.3 Å². The van der Waals surface area contributed by atoms with Crippen LogP contribution in [0.5, 0.6) is 5.75 Å². The van der Waals surface area contributed by atoms with Crippen LogP contribution in [-0.2, 0) is 9.53 Å². The first kappa shape index (κ1) is 15.2. The topological polar surface area (TPSA) is 117 Å². The van der Waals surface area contributed by atoms with E-state index < -0.39 is 16.4 Å². The fourth-order valence-corrected chi connectivity index (χ4v) is 2.03. The van der Waals surface area contributed by atoms with Crippen LogP contribution in [0.2, 0.25) is 0 Å². The summed E-state index contributed by atoms with van der Waals surface area (Å²) in [5.41, 5.74) is 4.63. The lowest BCUT2D eigenvalue weighted by Crippen LogP contribution is -2.51. The third-order valence-electron chi connectivity index (χ3n) is 3.23. The smallest absolute Gasteiger partial charge is 0.296 e. The van der Waals surface area contributed by atoms with Gasteiger partial charge in [0.15, 0.2) is 0 Å². The maximum absolute atomic E-state index is 12.2. The molecule has 1 saturated heterocycles. The number of carbonyl (C=O) groups excluding carboxylic acids is 1. The van der Waals surface area contributed by atoms with E-state index in [-0.39, 0.29) is 18.0 Å². The van der Waals surface area contributed by atoms with Gasteiger partial charge in [0.05, 0.1) is 24.2 Å². The molecule has 1 amide bonds. The molecule has 1 unspecified atom stereocenters. The lowest BCUT2D eigenvalue weighted by Gasteiger charge is -2.20. The summed E-state index contributed by atoms with van der Waals surface area (Å²) < 4.78 is 10.3. The molecule has 3 N–H and O–H groups in total. The molecule has 1 aromatic carbocycles. The fourth-order valence-electron chi connectivity index (χ4n) is 2.03. The molecule has 21 heavy (non-hydrogen) atoms. The van der Waals surface area contributed by atoms with Crippen molar-refractivity contribution in [2.24, 2.45) is 5.73 Å². The highest BCUT2D eigenvalue weighted by Gasteiger charge is 2.39. The van der Waals surface area contributed by atoms with Crippen LogP contribution in [0.4, 0.5) is 11.4 Å². The van der Waals surface area contributed by atoms with Crippen molar-refractivity contribution < 1.29 is 19.2 Å². The molecule has 1 fully saturated rings. The van der Waals surface area contributed by atoms with Gasteiger partial charge in [-0.05, 0) is 25.5 Å². The number of hydrogen-bond acceptors (Lipinski definition) is 6. The number of rotatable bonds is 5. The van der Waals surface area contributed by atoms with Crippen molar-refractivity contribution in [2.45, 2.75) is 18.9 Å². The summed E-state index contributed by atoms with van der Waals surface area (Å²) in [4.78, 5) is 22.7. The number of amides is 1. The van der Waals surface area contributed by atoms with E-state index in [0.29, 0.717) is 25.4 Å². The van der Waals surface area contributed by atoms with Gasteiger partial charge in [-0.3, -0.25) is 14.9 Å². The van der Waals surface area contributed by atoms with Crippen molar-refractivity contribution in [1.82, 2.24) is 0 Å². The zero-order valence-corrected chi connectivity index (χ0v) is 11.6. The highest BCUT2D eigenvalue weighted by atomic mass is 16.6. The van der Waals surface area contributed by atoms with Gasteiger partial charge in [-0.15, -0.1) is 0 Å². The van der Waals surface area contributed by atoms with Crippen LogP contribution in [-0.4, -0.2) is 36.2 Å². The number of nitro groups is 1. The van der Waals surface area contributed by atoms with Crippen LogP contribution in [0, 0.1) is 10.1 Å². The minimum Gasteiger partial charge on any atom is -0.494 e. The Kier molecular flexibility index (Phi) is 4.39. The number of nitrogens with one attached hydrogen (secondary N) is 1. The highest BCUT2D eigenvalue weighted by molar-refractivity contribution is 6.00. The van der Waals surface area contributed by atoms with Gasteiger partial charge in [-0.1, -0.05) is 0 Å². The van der Waals surface area contributed by atoms with Crippen molar-refractivity contribution in [3.8, 4) is 5.75 Å². The van der Waals surface area contributed by atoms with Gasteiger partial charge in [0.25, 0.3) is 5.69 Å². The summed E-state index contributed by atoms with van der Waals surface area (Å²) in [5.74, 6) is -0.124. The SMILES string of the molecule is CCOc1ccc(NC(=O)C2(N)CCOC2)c([N+](=O)[O-])c1. The largest absolute Gasteiger partial charge is 0.494 e. The quantitative estimate of drug-likeness (QED) is 0.619. The van der Waals surface area contributed by atoms with Crippen LogP contribution < -0.4 is 15.8 Å². The average Bonchev–Trinajstić information content (AvgIpc) is 2.89. The Balaban J connectivity index is 2.22. The summed E-state index contributed by atoms with van der Waals surface area (Å²) >= 11 is 0. The molecular formula is C13H17N3O5. The van der Waals surface area contributed by atoms with E-state index in [2.05, 4.69) is 5.32 Å². The molecule has 1 atom stereocenters. The Morgan fingerprint density at radius 1 is 1.62 bits per heavy atom. The number of benzene rings is 1. The second kappa shape index (κ2) is 6.06. The monoisotopic (exact) mass is 295 g/mol. The van der Waals surface area contributed by atoms with Gasteiger partial charge in [0.1, 0.15) is 17.0 Å². The third-order valence-corrected chi connectivity index (χ3v) is 3.23. The Morgan fingerprint density at radius 2 is 2.38 bits per heavy atom. The van der Waals surface area contributed by atoms with Gasteiger partial charge < -0.3 is 20.5 Å².